The van der Waals surface area contributed by atoms with Crippen molar-refractivity contribution in [3.05, 3.63) is 140 Å². The smallest absolute Gasteiger partial charge is 0.330 e. The van der Waals surface area contributed by atoms with Crippen LogP contribution in [0.5, 0.6) is 0 Å². The van der Waals surface area contributed by atoms with Crippen molar-refractivity contribution < 1.29 is 14.9 Å². The Kier molecular flexibility index (Phi) is 6.67. The summed E-state index contributed by atoms with van der Waals surface area (Å²) in [6.07, 6.45) is -1.10. The average Bonchev–Trinajstić information content (AvgIpc) is 3.46. The standard InChI is InChI=1S/C39H26N2O5/c42-22-34-33(43)20-35(46-34)41-21-27(38(44)40-39(41)45)17-15-24-12-10-23(11-13-24)14-16-25-18-19-32-30-8-2-5-26-4-1-7-29(36(26)30)31-9-3-6-28(25)37(31)32/h1-13,18-19,21,33-35,42-43H,20,22H2,(H,40,44,45)/t33-,34+,35+/m0/s1. The number of hydrogen-bond donors (Lipinski definition) is 3. The fourth-order valence-corrected chi connectivity index (χ4v) is 6.51. The van der Waals surface area contributed by atoms with Crippen LogP contribution in [-0.4, -0.2) is 38.6 Å². The van der Waals surface area contributed by atoms with Crippen LogP contribution in [0.2, 0.25) is 0 Å². The molecule has 0 radical (unpaired) electrons. The van der Waals surface area contributed by atoms with Crippen LogP contribution in [0.25, 0.3) is 43.1 Å². The number of hydrogen-bond acceptors (Lipinski definition) is 5. The highest BCUT2D eigenvalue weighted by Crippen LogP contribution is 2.40. The minimum absolute atomic E-state index is 0.0794. The van der Waals surface area contributed by atoms with E-state index in [9.17, 15) is 19.8 Å². The van der Waals surface area contributed by atoms with E-state index in [2.05, 4.69) is 95.4 Å². The molecule has 1 aromatic heterocycles. The Balaban J connectivity index is 1.10. The van der Waals surface area contributed by atoms with Gasteiger partial charge in [0.25, 0.3) is 5.56 Å². The summed E-state index contributed by atoms with van der Waals surface area (Å²) in [6.45, 7) is -0.376. The molecule has 1 saturated heterocycles. The molecule has 0 unspecified atom stereocenters. The lowest BCUT2D eigenvalue weighted by molar-refractivity contribution is -0.0459. The van der Waals surface area contributed by atoms with E-state index in [1.54, 1.807) is 0 Å². The number of nitrogens with one attached hydrogen (secondary N) is 1. The van der Waals surface area contributed by atoms with Gasteiger partial charge in [-0.25, -0.2) is 4.79 Å². The average molecular weight is 603 g/mol. The lowest BCUT2D eigenvalue weighted by Gasteiger charge is -2.14. The zero-order valence-corrected chi connectivity index (χ0v) is 24.5. The number of benzene rings is 6. The van der Waals surface area contributed by atoms with Crippen molar-refractivity contribution in [2.24, 2.45) is 0 Å². The number of aliphatic hydroxyl groups excluding tert-OH is 2. The Morgan fingerprint density at radius 1 is 0.717 bits per heavy atom. The van der Waals surface area contributed by atoms with Gasteiger partial charge in [0.2, 0.25) is 0 Å². The van der Waals surface area contributed by atoms with Crippen molar-refractivity contribution in [3.63, 3.8) is 0 Å². The molecule has 7 nitrogen and oxygen atoms in total. The second-order valence-electron chi connectivity index (χ2n) is 11.5. The van der Waals surface area contributed by atoms with Gasteiger partial charge in [-0.1, -0.05) is 84.3 Å². The topological polar surface area (TPSA) is 105 Å². The van der Waals surface area contributed by atoms with Crippen molar-refractivity contribution in [1.82, 2.24) is 9.55 Å². The van der Waals surface area contributed by atoms with Crippen molar-refractivity contribution in [2.45, 2.75) is 24.9 Å². The Labute approximate surface area is 262 Å². The van der Waals surface area contributed by atoms with E-state index >= 15 is 0 Å². The first-order valence-electron chi connectivity index (χ1n) is 15.0. The molecule has 1 aliphatic heterocycles. The SMILES string of the molecule is O=c1[nH]c(=O)n([C@H]2C[C@H](O)[C@@H](CO)O2)cc1C#Cc1ccc(C#Cc2ccc3c4cccc5cccc(c6cccc2c63)c54)cc1. The molecule has 1 aliphatic rings. The maximum atomic E-state index is 12.4. The van der Waals surface area contributed by atoms with Crippen LogP contribution in [-0.2, 0) is 4.74 Å². The van der Waals surface area contributed by atoms with Crippen LogP contribution in [0.3, 0.4) is 0 Å². The van der Waals surface area contributed by atoms with Gasteiger partial charge >= 0.3 is 5.69 Å². The largest absolute Gasteiger partial charge is 0.394 e. The number of aromatic amines is 1. The number of aliphatic hydroxyl groups is 2. The van der Waals surface area contributed by atoms with Gasteiger partial charge in [-0.2, -0.15) is 0 Å². The quantitative estimate of drug-likeness (QED) is 0.146. The van der Waals surface area contributed by atoms with Crippen molar-refractivity contribution in [2.75, 3.05) is 6.61 Å². The van der Waals surface area contributed by atoms with E-state index in [1.807, 2.05) is 24.3 Å². The minimum atomic E-state index is -0.917. The second kappa shape index (κ2) is 11.0. The first kappa shape index (κ1) is 27.8. The molecule has 46 heavy (non-hydrogen) atoms. The highest BCUT2D eigenvalue weighted by Gasteiger charge is 2.35. The van der Waals surface area contributed by atoms with Crippen LogP contribution in [0, 0.1) is 23.7 Å². The van der Waals surface area contributed by atoms with E-state index in [0.717, 1.165) is 16.5 Å². The van der Waals surface area contributed by atoms with Gasteiger partial charge in [-0.05, 0) is 73.4 Å². The van der Waals surface area contributed by atoms with Crippen LogP contribution in [0.4, 0.5) is 0 Å². The zero-order chi connectivity index (χ0) is 31.4. The first-order valence-corrected chi connectivity index (χ1v) is 15.0. The first-order chi connectivity index (χ1) is 22.5. The van der Waals surface area contributed by atoms with E-state index < -0.39 is 29.7 Å². The summed E-state index contributed by atoms with van der Waals surface area (Å²) in [5, 5.41) is 29.2. The molecule has 8 rings (SSSR count). The molecule has 2 heterocycles. The third-order valence-corrected chi connectivity index (χ3v) is 8.76. The van der Waals surface area contributed by atoms with Crippen LogP contribution < -0.4 is 11.2 Å². The number of ether oxygens (including phenoxy) is 1. The molecule has 1 fully saturated rings. The fourth-order valence-electron chi connectivity index (χ4n) is 6.51. The van der Waals surface area contributed by atoms with Crippen molar-refractivity contribution in [3.8, 4) is 23.7 Å². The summed E-state index contributed by atoms with van der Waals surface area (Å²) in [5.41, 5.74) is 1.24. The molecular formula is C39H26N2O5. The van der Waals surface area contributed by atoms with Crippen LogP contribution in [0.1, 0.15) is 34.9 Å². The zero-order valence-electron chi connectivity index (χ0n) is 24.5. The van der Waals surface area contributed by atoms with Crippen molar-refractivity contribution >= 4 is 43.1 Å². The van der Waals surface area contributed by atoms with Gasteiger partial charge in [0.1, 0.15) is 17.9 Å². The van der Waals surface area contributed by atoms with Crippen molar-refractivity contribution in [1.29, 1.82) is 0 Å². The molecule has 6 aromatic carbocycles. The molecule has 0 aliphatic carbocycles. The molecule has 0 bridgehead atoms. The molecule has 0 amide bonds. The maximum absolute atomic E-state index is 12.4. The summed E-state index contributed by atoms with van der Waals surface area (Å²) < 4.78 is 6.75. The predicted molar refractivity (Wildman–Crippen MR) is 179 cm³/mol. The molecule has 3 N–H and O–H groups in total. The summed E-state index contributed by atoms with van der Waals surface area (Å²) in [6, 6.07) is 31.1. The Bertz CT molecular complexity index is 2510. The molecule has 0 saturated carbocycles. The van der Waals surface area contributed by atoms with E-state index in [0.29, 0.717) is 5.56 Å². The van der Waals surface area contributed by atoms with E-state index in [-0.39, 0.29) is 18.6 Å². The van der Waals surface area contributed by atoms with Gasteiger partial charge in [0, 0.05) is 29.3 Å². The highest BCUT2D eigenvalue weighted by molar-refractivity contribution is 6.33. The summed E-state index contributed by atoms with van der Waals surface area (Å²) >= 11 is 0. The van der Waals surface area contributed by atoms with E-state index in [1.165, 1.54) is 48.5 Å². The Hall–Kier alpha value is -5.70. The third kappa shape index (κ3) is 4.63. The highest BCUT2D eigenvalue weighted by atomic mass is 16.5. The maximum Gasteiger partial charge on any atom is 0.330 e. The number of fused-ring (bicyclic) bond motifs is 2. The monoisotopic (exact) mass is 602 g/mol. The van der Waals surface area contributed by atoms with Gasteiger partial charge in [0.05, 0.1) is 12.7 Å². The molecule has 222 valence electrons. The summed E-state index contributed by atoms with van der Waals surface area (Å²) in [7, 11) is 0. The third-order valence-electron chi connectivity index (χ3n) is 8.76. The normalized spacial score (nSPS) is 17.7. The van der Waals surface area contributed by atoms with Crippen LogP contribution in [0.15, 0.2) is 107 Å². The summed E-state index contributed by atoms with van der Waals surface area (Å²) in [5.74, 6) is 12.5. The molecule has 7 heteroatoms. The van der Waals surface area contributed by atoms with Gasteiger partial charge < -0.3 is 14.9 Å². The lowest BCUT2D eigenvalue weighted by atomic mass is 9.88. The van der Waals surface area contributed by atoms with Gasteiger partial charge in [-0.3, -0.25) is 14.3 Å². The predicted octanol–water partition coefficient (Wildman–Crippen LogP) is 5.03. The molecule has 3 atom stereocenters. The molecule has 7 aromatic rings. The molecule has 0 spiro atoms. The molecular weight excluding hydrogens is 576 g/mol. The van der Waals surface area contributed by atoms with Crippen LogP contribution >= 0.6 is 0 Å². The van der Waals surface area contributed by atoms with E-state index in [4.69, 9.17) is 4.74 Å². The Morgan fingerprint density at radius 2 is 1.30 bits per heavy atom. The second-order valence-corrected chi connectivity index (χ2v) is 11.5. The van der Waals surface area contributed by atoms with Gasteiger partial charge in [0.15, 0.2) is 0 Å². The number of nitrogens with zero attached hydrogens (tertiary/aromatic N) is 1. The summed E-state index contributed by atoms with van der Waals surface area (Å²) in [4.78, 5) is 27.1. The minimum Gasteiger partial charge on any atom is -0.394 e. The Morgan fingerprint density at radius 3 is 1.96 bits per heavy atom. The number of aromatic nitrogens is 2. The number of H-pyrrole nitrogens is 1. The number of rotatable bonds is 2. The van der Waals surface area contributed by atoms with Gasteiger partial charge in [-0.15, -0.1) is 0 Å². The fraction of sp³-hybridized carbons (Fsp3) is 0.128. The lowest BCUT2D eigenvalue weighted by Crippen LogP contribution is -2.33.